The predicted octanol–water partition coefficient (Wildman–Crippen LogP) is 5.49. The van der Waals surface area contributed by atoms with E-state index >= 15 is 0 Å². The number of benzene rings is 3. The van der Waals surface area contributed by atoms with E-state index in [4.69, 9.17) is 9.15 Å². The number of ether oxygens (including phenoxy) is 1. The second-order valence-corrected chi connectivity index (χ2v) is 7.83. The molecular formula is C26H24N2O5. The fraction of sp³-hybridized carbons (Fsp3) is 0.192. The number of imide groups is 1. The maximum absolute atomic E-state index is 12.5. The molecule has 33 heavy (non-hydrogen) atoms. The highest BCUT2D eigenvalue weighted by Gasteiger charge is 2.24. The minimum absolute atomic E-state index is 0.152. The van der Waals surface area contributed by atoms with Crippen LogP contribution in [0.15, 0.2) is 65.3 Å². The van der Waals surface area contributed by atoms with Crippen LogP contribution in [0, 0.1) is 0 Å². The third-order valence-corrected chi connectivity index (χ3v) is 5.39. The summed E-state index contributed by atoms with van der Waals surface area (Å²) in [5.74, 6) is 0.261. The first-order chi connectivity index (χ1) is 16.0. The van der Waals surface area contributed by atoms with E-state index in [1.165, 1.54) is 6.92 Å². The zero-order valence-corrected chi connectivity index (χ0v) is 18.4. The molecule has 7 heteroatoms. The van der Waals surface area contributed by atoms with Gasteiger partial charge in [0.1, 0.15) is 17.1 Å². The summed E-state index contributed by atoms with van der Waals surface area (Å²) in [5, 5.41) is 7.72. The minimum atomic E-state index is -0.477. The van der Waals surface area contributed by atoms with Gasteiger partial charge in [0.05, 0.1) is 12.2 Å². The summed E-state index contributed by atoms with van der Waals surface area (Å²) in [6.45, 7) is 3.44. The van der Waals surface area contributed by atoms with Gasteiger partial charge >= 0.3 is 0 Å². The highest BCUT2D eigenvalue weighted by atomic mass is 16.5. The van der Waals surface area contributed by atoms with Crippen molar-refractivity contribution in [2.45, 2.75) is 32.6 Å². The van der Waals surface area contributed by atoms with Crippen molar-refractivity contribution in [1.29, 1.82) is 0 Å². The van der Waals surface area contributed by atoms with Gasteiger partial charge in [-0.15, -0.1) is 0 Å². The Morgan fingerprint density at radius 1 is 1.06 bits per heavy atom. The maximum atomic E-state index is 12.5. The molecule has 0 fully saturated rings. The molecule has 3 aromatic carbocycles. The van der Waals surface area contributed by atoms with Gasteiger partial charge in [-0.3, -0.25) is 19.7 Å². The van der Waals surface area contributed by atoms with Gasteiger partial charge in [0, 0.05) is 29.6 Å². The molecule has 4 aromatic rings. The van der Waals surface area contributed by atoms with Crippen molar-refractivity contribution in [2.75, 3.05) is 5.32 Å². The minimum Gasteiger partial charge on any atom is -0.464 e. The standard InChI is InChI=1S/C26H24N2O5/c1-3-5-22(26(31)27-15-29)24-14-32-25-12-17-8-9-21(10-18(17)11-23(24)25)33-20-7-4-6-19(13-20)28-16(2)30/h4,6-15,22H,3,5H2,1-2H3,(H,28,30)(H,27,29,31). The van der Waals surface area contributed by atoms with Crippen LogP contribution in [0.25, 0.3) is 21.7 Å². The second-order valence-electron chi connectivity index (χ2n) is 7.83. The van der Waals surface area contributed by atoms with Crippen LogP contribution < -0.4 is 15.4 Å². The lowest BCUT2D eigenvalue weighted by atomic mass is 9.92. The summed E-state index contributed by atoms with van der Waals surface area (Å²) in [4.78, 5) is 34.6. The molecule has 0 aliphatic rings. The molecule has 0 saturated carbocycles. The molecule has 0 saturated heterocycles. The molecule has 168 valence electrons. The Labute approximate surface area is 190 Å². The first-order valence-electron chi connectivity index (χ1n) is 10.7. The molecule has 7 nitrogen and oxygen atoms in total. The van der Waals surface area contributed by atoms with Crippen LogP contribution in [-0.2, 0) is 14.4 Å². The molecule has 1 aromatic heterocycles. The molecule has 1 heterocycles. The smallest absolute Gasteiger partial charge is 0.234 e. The van der Waals surface area contributed by atoms with Gasteiger partial charge in [-0.1, -0.05) is 25.5 Å². The molecule has 4 rings (SSSR count). The third-order valence-electron chi connectivity index (χ3n) is 5.39. The Bertz CT molecular complexity index is 1340. The van der Waals surface area contributed by atoms with E-state index in [1.54, 1.807) is 24.5 Å². The number of rotatable bonds is 8. The number of nitrogens with one attached hydrogen (secondary N) is 2. The second kappa shape index (κ2) is 9.56. The van der Waals surface area contributed by atoms with Crippen LogP contribution in [0.4, 0.5) is 5.69 Å². The summed E-state index contributed by atoms with van der Waals surface area (Å²) in [6, 6.07) is 16.8. The van der Waals surface area contributed by atoms with E-state index in [-0.39, 0.29) is 11.8 Å². The van der Waals surface area contributed by atoms with E-state index in [1.807, 2.05) is 43.3 Å². The van der Waals surface area contributed by atoms with Crippen LogP contribution in [0.1, 0.15) is 38.2 Å². The van der Waals surface area contributed by atoms with Crippen molar-refractivity contribution in [3.05, 3.63) is 66.4 Å². The first kappa shape index (κ1) is 22.1. The van der Waals surface area contributed by atoms with Crippen LogP contribution in [0.5, 0.6) is 11.5 Å². The Morgan fingerprint density at radius 2 is 1.88 bits per heavy atom. The number of anilines is 1. The fourth-order valence-electron chi connectivity index (χ4n) is 3.95. The number of furan rings is 1. The molecule has 1 unspecified atom stereocenters. The van der Waals surface area contributed by atoms with Crippen LogP contribution in [-0.4, -0.2) is 18.2 Å². The van der Waals surface area contributed by atoms with Crippen molar-refractivity contribution in [2.24, 2.45) is 0 Å². The van der Waals surface area contributed by atoms with Crippen molar-refractivity contribution in [3.63, 3.8) is 0 Å². The van der Waals surface area contributed by atoms with Gasteiger partial charge < -0.3 is 14.5 Å². The molecule has 0 radical (unpaired) electrons. The molecule has 0 aliphatic carbocycles. The third kappa shape index (κ3) is 4.87. The van der Waals surface area contributed by atoms with E-state index < -0.39 is 5.92 Å². The van der Waals surface area contributed by atoms with Gasteiger partial charge in [-0.2, -0.15) is 0 Å². The molecule has 2 N–H and O–H groups in total. The van der Waals surface area contributed by atoms with E-state index in [2.05, 4.69) is 10.6 Å². The molecular weight excluding hydrogens is 420 g/mol. The van der Waals surface area contributed by atoms with E-state index in [9.17, 15) is 14.4 Å². The fourth-order valence-corrected chi connectivity index (χ4v) is 3.95. The van der Waals surface area contributed by atoms with E-state index in [0.29, 0.717) is 35.6 Å². The predicted molar refractivity (Wildman–Crippen MR) is 126 cm³/mol. The quantitative estimate of drug-likeness (QED) is 0.350. The zero-order chi connectivity index (χ0) is 23.4. The average Bonchev–Trinajstić information content (AvgIpc) is 3.18. The topological polar surface area (TPSA) is 97.6 Å². The molecule has 3 amide bonds. The number of carbonyl (C=O) groups is 3. The van der Waals surface area contributed by atoms with Crippen LogP contribution in [0.3, 0.4) is 0 Å². The largest absolute Gasteiger partial charge is 0.464 e. The van der Waals surface area contributed by atoms with Gasteiger partial charge in [-0.05, 0) is 53.6 Å². The molecule has 0 bridgehead atoms. The summed E-state index contributed by atoms with van der Waals surface area (Å²) in [6.07, 6.45) is 3.39. The summed E-state index contributed by atoms with van der Waals surface area (Å²) >= 11 is 0. The number of carbonyl (C=O) groups excluding carboxylic acids is 3. The monoisotopic (exact) mass is 444 g/mol. The zero-order valence-electron chi connectivity index (χ0n) is 18.4. The normalized spacial score (nSPS) is 11.8. The van der Waals surface area contributed by atoms with Crippen molar-refractivity contribution >= 4 is 45.7 Å². The highest BCUT2D eigenvalue weighted by Crippen LogP contribution is 2.35. The summed E-state index contributed by atoms with van der Waals surface area (Å²) in [7, 11) is 0. The summed E-state index contributed by atoms with van der Waals surface area (Å²) in [5.41, 5.74) is 2.08. The lowest BCUT2D eigenvalue weighted by Gasteiger charge is -2.13. The van der Waals surface area contributed by atoms with E-state index in [0.717, 1.165) is 28.1 Å². The van der Waals surface area contributed by atoms with Crippen LogP contribution in [0.2, 0.25) is 0 Å². The number of fused-ring (bicyclic) bond motifs is 2. The molecule has 0 aliphatic heterocycles. The highest BCUT2D eigenvalue weighted by molar-refractivity contribution is 6.01. The summed E-state index contributed by atoms with van der Waals surface area (Å²) < 4.78 is 11.8. The Balaban J connectivity index is 1.69. The van der Waals surface area contributed by atoms with Crippen LogP contribution >= 0.6 is 0 Å². The lowest BCUT2D eigenvalue weighted by Crippen LogP contribution is -2.27. The maximum Gasteiger partial charge on any atom is 0.234 e. The van der Waals surface area contributed by atoms with Gasteiger partial charge in [0.15, 0.2) is 0 Å². The lowest BCUT2D eigenvalue weighted by molar-refractivity contribution is -0.126. The number of hydrogen-bond acceptors (Lipinski definition) is 5. The SMILES string of the molecule is CCCC(C(=O)NC=O)c1coc2cc3ccc(Oc4cccc(NC(C)=O)c4)cc3cc12. The number of amides is 3. The Kier molecular flexibility index (Phi) is 6.40. The van der Waals surface area contributed by atoms with Crippen molar-refractivity contribution in [3.8, 4) is 11.5 Å². The van der Waals surface area contributed by atoms with Crippen molar-refractivity contribution in [1.82, 2.24) is 5.32 Å². The molecule has 0 spiro atoms. The Morgan fingerprint density at radius 3 is 2.64 bits per heavy atom. The average molecular weight is 444 g/mol. The van der Waals surface area contributed by atoms with Gasteiger partial charge in [0.2, 0.25) is 18.2 Å². The number of hydrogen-bond donors (Lipinski definition) is 2. The molecule has 1 atom stereocenters. The van der Waals surface area contributed by atoms with Crippen molar-refractivity contribution < 1.29 is 23.5 Å². The van der Waals surface area contributed by atoms with Gasteiger partial charge in [-0.25, -0.2) is 0 Å². The Hall–Kier alpha value is -4.13. The van der Waals surface area contributed by atoms with Gasteiger partial charge in [0.25, 0.3) is 0 Å². The first-order valence-corrected chi connectivity index (χ1v) is 10.7.